The quantitative estimate of drug-likeness (QED) is 0.705. The number of carbonyl (C=O) groups excluding carboxylic acids is 2. The number of halogens is 1. The van der Waals surface area contributed by atoms with E-state index in [0.29, 0.717) is 6.42 Å². The predicted molar refractivity (Wildman–Crippen MR) is 101 cm³/mol. The van der Waals surface area contributed by atoms with Crippen molar-refractivity contribution in [3.8, 4) is 5.75 Å². The first-order valence-electron chi connectivity index (χ1n) is 9.02. The minimum Gasteiger partial charge on any atom is -0.490 e. The second kappa shape index (κ2) is 8.75. The van der Waals surface area contributed by atoms with Crippen molar-refractivity contribution in [1.82, 2.24) is 15.5 Å². The Morgan fingerprint density at radius 2 is 2.00 bits per heavy atom. The fraction of sp³-hybridized carbons (Fsp3) is 0.611. The molecular weight excluding hydrogens is 374 g/mol. The van der Waals surface area contributed by atoms with Gasteiger partial charge in [-0.1, -0.05) is 13.3 Å². The molecule has 8 nitrogen and oxygen atoms in total. The van der Waals surface area contributed by atoms with Crippen LogP contribution < -0.4 is 20.8 Å². The third-order valence-electron chi connectivity index (χ3n) is 5.27. The van der Waals surface area contributed by atoms with Crippen LogP contribution in [0.4, 0.5) is 4.79 Å². The smallest absolute Gasteiger partial charge is 0.325 e. The molecule has 150 valence electrons. The van der Waals surface area contributed by atoms with Crippen molar-refractivity contribution in [2.24, 2.45) is 5.92 Å². The van der Waals surface area contributed by atoms with Gasteiger partial charge in [-0.2, -0.15) is 0 Å². The Balaban J connectivity index is 0.00000261. The van der Waals surface area contributed by atoms with E-state index in [9.17, 15) is 14.4 Å². The van der Waals surface area contributed by atoms with Crippen LogP contribution in [0.1, 0.15) is 38.4 Å². The normalized spacial score (nSPS) is 23.1. The van der Waals surface area contributed by atoms with Crippen molar-refractivity contribution in [3.05, 3.63) is 28.3 Å². The number of rotatable bonds is 6. The van der Waals surface area contributed by atoms with E-state index in [4.69, 9.17) is 9.15 Å². The van der Waals surface area contributed by atoms with Gasteiger partial charge in [0.1, 0.15) is 17.6 Å². The summed E-state index contributed by atoms with van der Waals surface area (Å²) >= 11 is 0. The molecular formula is C18H26ClN3O5. The molecule has 0 radical (unpaired) electrons. The molecule has 9 heteroatoms. The Bertz CT molecular complexity index is 747. The topological polar surface area (TPSA) is 101 Å². The molecule has 2 saturated heterocycles. The first-order chi connectivity index (χ1) is 12.5. The summed E-state index contributed by atoms with van der Waals surface area (Å²) < 4.78 is 10.2. The number of nitrogens with one attached hydrogen (secondary N) is 2. The lowest BCUT2D eigenvalue weighted by Crippen LogP contribution is -2.55. The van der Waals surface area contributed by atoms with Gasteiger partial charge < -0.3 is 19.8 Å². The fourth-order valence-electron chi connectivity index (χ4n) is 3.97. The Hall–Kier alpha value is -2.06. The largest absolute Gasteiger partial charge is 0.490 e. The third kappa shape index (κ3) is 3.96. The van der Waals surface area contributed by atoms with Crippen molar-refractivity contribution in [1.29, 1.82) is 0 Å². The summed E-state index contributed by atoms with van der Waals surface area (Å²) in [5, 5.41) is 6.25. The standard InChI is InChI=1S/C18H25N3O5.ClH/c1-3-6-18(12-4-7-19-8-5-12)16(23)21(17(24)20-18)10-13-9-14(22)15(25-2)11-26-13;/h9,11-12,19H,3-8,10H2,1-2H3,(H,20,24);1H. The van der Waals surface area contributed by atoms with Crippen molar-refractivity contribution in [2.45, 2.75) is 44.7 Å². The van der Waals surface area contributed by atoms with E-state index in [0.717, 1.165) is 37.3 Å². The molecule has 1 atom stereocenters. The van der Waals surface area contributed by atoms with Crippen molar-refractivity contribution in [2.75, 3.05) is 20.2 Å². The number of hydrogen-bond donors (Lipinski definition) is 2. The number of methoxy groups -OCH3 is 1. The van der Waals surface area contributed by atoms with Crippen molar-refractivity contribution in [3.63, 3.8) is 0 Å². The lowest BCUT2D eigenvalue weighted by atomic mass is 9.75. The monoisotopic (exact) mass is 399 g/mol. The van der Waals surface area contributed by atoms with Gasteiger partial charge in [-0.05, 0) is 38.3 Å². The molecule has 3 amide bonds. The van der Waals surface area contributed by atoms with Gasteiger partial charge in [-0.25, -0.2) is 4.79 Å². The van der Waals surface area contributed by atoms with E-state index in [-0.39, 0.29) is 47.7 Å². The zero-order valence-electron chi connectivity index (χ0n) is 15.6. The molecule has 1 aromatic heterocycles. The highest BCUT2D eigenvalue weighted by molar-refractivity contribution is 6.07. The predicted octanol–water partition coefficient (Wildman–Crippen LogP) is 1.66. The molecule has 0 aliphatic carbocycles. The van der Waals surface area contributed by atoms with Crippen LogP contribution >= 0.6 is 12.4 Å². The summed E-state index contributed by atoms with van der Waals surface area (Å²) in [5.41, 5.74) is -1.21. The number of urea groups is 1. The Kier molecular flexibility index (Phi) is 6.89. The van der Waals surface area contributed by atoms with Gasteiger partial charge in [-0.3, -0.25) is 14.5 Å². The SMILES string of the molecule is CCCC1(C2CCNCC2)NC(=O)N(Cc2cc(=O)c(OC)co2)C1=O.Cl. The molecule has 0 spiro atoms. The van der Waals surface area contributed by atoms with E-state index in [2.05, 4.69) is 10.6 Å². The summed E-state index contributed by atoms with van der Waals surface area (Å²) in [6.45, 7) is 3.62. The van der Waals surface area contributed by atoms with Crippen LogP contribution in [0.5, 0.6) is 5.75 Å². The van der Waals surface area contributed by atoms with Gasteiger partial charge in [-0.15, -0.1) is 12.4 Å². The average molecular weight is 400 g/mol. The van der Waals surface area contributed by atoms with Crippen molar-refractivity contribution < 1.29 is 18.7 Å². The van der Waals surface area contributed by atoms with Gasteiger partial charge in [0, 0.05) is 6.07 Å². The molecule has 2 aliphatic rings. The van der Waals surface area contributed by atoms with Gasteiger partial charge in [0.15, 0.2) is 0 Å². The summed E-state index contributed by atoms with van der Waals surface area (Å²) in [6.07, 6.45) is 4.28. The lowest BCUT2D eigenvalue weighted by molar-refractivity contribution is -0.134. The maximum Gasteiger partial charge on any atom is 0.325 e. The third-order valence-corrected chi connectivity index (χ3v) is 5.27. The minimum atomic E-state index is -0.860. The van der Waals surface area contributed by atoms with E-state index >= 15 is 0 Å². The number of ether oxygens (including phenoxy) is 1. The molecule has 0 aromatic carbocycles. The Morgan fingerprint density at radius 1 is 1.30 bits per heavy atom. The second-order valence-corrected chi connectivity index (χ2v) is 6.85. The van der Waals surface area contributed by atoms with Crippen LogP contribution in [0.25, 0.3) is 0 Å². The first kappa shape index (κ1) is 21.2. The van der Waals surface area contributed by atoms with Gasteiger partial charge in [0.25, 0.3) is 5.91 Å². The maximum atomic E-state index is 13.2. The molecule has 27 heavy (non-hydrogen) atoms. The molecule has 1 aromatic rings. The molecule has 3 rings (SSSR count). The summed E-state index contributed by atoms with van der Waals surface area (Å²) in [5.74, 6) is 0.209. The van der Waals surface area contributed by atoms with Crippen molar-refractivity contribution >= 4 is 24.3 Å². The highest BCUT2D eigenvalue weighted by Gasteiger charge is 2.54. The van der Waals surface area contributed by atoms with E-state index in [1.807, 2.05) is 6.92 Å². The zero-order chi connectivity index (χ0) is 18.7. The number of nitrogens with zero attached hydrogens (tertiary/aromatic N) is 1. The number of carbonyl (C=O) groups is 2. The van der Waals surface area contributed by atoms with Crippen LogP contribution in [0.3, 0.4) is 0 Å². The van der Waals surface area contributed by atoms with Crippen LogP contribution in [0, 0.1) is 5.92 Å². The van der Waals surface area contributed by atoms with E-state index < -0.39 is 11.6 Å². The van der Waals surface area contributed by atoms with Crippen LogP contribution in [-0.2, 0) is 11.3 Å². The van der Waals surface area contributed by atoms with E-state index in [1.54, 1.807) is 0 Å². The maximum absolute atomic E-state index is 13.2. The van der Waals surface area contributed by atoms with E-state index in [1.165, 1.54) is 19.4 Å². The fourth-order valence-corrected chi connectivity index (χ4v) is 3.97. The summed E-state index contributed by atoms with van der Waals surface area (Å²) in [4.78, 5) is 38.8. The summed E-state index contributed by atoms with van der Waals surface area (Å²) in [6, 6.07) is 0.824. The number of imide groups is 1. The molecule has 0 bridgehead atoms. The highest BCUT2D eigenvalue weighted by Crippen LogP contribution is 2.36. The Labute approximate surface area is 164 Å². The van der Waals surface area contributed by atoms with Crippen LogP contribution in [0.2, 0.25) is 0 Å². The van der Waals surface area contributed by atoms with Gasteiger partial charge in [0.05, 0.1) is 13.7 Å². The first-order valence-corrected chi connectivity index (χ1v) is 9.02. The second-order valence-electron chi connectivity index (χ2n) is 6.85. The number of hydrogen-bond acceptors (Lipinski definition) is 6. The molecule has 1 unspecified atom stereocenters. The molecule has 2 aliphatic heterocycles. The van der Waals surface area contributed by atoms with Gasteiger partial charge >= 0.3 is 6.03 Å². The zero-order valence-corrected chi connectivity index (χ0v) is 16.4. The average Bonchev–Trinajstić information content (AvgIpc) is 2.88. The highest BCUT2D eigenvalue weighted by atomic mass is 35.5. The molecule has 2 fully saturated rings. The number of piperidine rings is 1. The molecule has 0 saturated carbocycles. The van der Waals surface area contributed by atoms with Crippen LogP contribution in [-0.4, -0.2) is 42.6 Å². The Morgan fingerprint density at radius 3 is 2.59 bits per heavy atom. The van der Waals surface area contributed by atoms with Gasteiger partial charge in [0.2, 0.25) is 11.2 Å². The number of amides is 3. The van der Waals surface area contributed by atoms with Crippen LogP contribution in [0.15, 0.2) is 21.5 Å². The molecule has 2 N–H and O–H groups in total. The summed E-state index contributed by atoms with van der Waals surface area (Å²) in [7, 11) is 1.38. The minimum absolute atomic E-state index is 0. The molecule has 3 heterocycles. The lowest BCUT2D eigenvalue weighted by Gasteiger charge is -2.37.